The third kappa shape index (κ3) is 7.85. The Kier molecular flexibility index (Phi) is 10.4. The quantitative estimate of drug-likeness (QED) is 0.146. The number of benzene rings is 3. The van der Waals surface area contributed by atoms with Crippen molar-refractivity contribution in [3.63, 3.8) is 0 Å². The summed E-state index contributed by atoms with van der Waals surface area (Å²) < 4.78 is 10.9. The van der Waals surface area contributed by atoms with Crippen molar-refractivity contribution < 1.29 is 14.3 Å². The third-order valence-electron chi connectivity index (χ3n) is 6.39. The Morgan fingerprint density at radius 2 is 1.29 bits per heavy atom. The van der Waals surface area contributed by atoms with Crippen LogP contribution in [0.15, 0.2) is 72.8 Å². The van der Waals surface area contributed by atoms with Crippen molar-refractivity contribution in [1.82, 2.24) is 0 Å². The molecule has 3 aromatic carbocycles. The molecule has 0 fully saturated rings. The zero-order valence-corrected chi connectivity index (χ0v) is 20.9. The molecule has 1 atom stereocenters. The van der Waals surface area contributed by atoms with Gasteiger partial charge in [0.1, 0.15) is 5.75 Å². The van der Waals surface area contributed by atoms with E-state index in [1.807, 2.05) is 43.3 Å². The first-order valence-electron chi connectivity index (χ1n) is 12.6. The van der Waals surface area contributed by atoms with Gasteiger partial charge in [-0.1, -0.05) is 94.0 Å². The van der Waals surface area contributed by atoms with E-state index < -0.39 is 0 Å². The fraction of sp³-hybridized carbons (Fsp3) is 0.387. The Hall–Kier alpha value is -2.91. The van der Waals surface area contributed by atoms with Gasteiger partial charge >= 0.3 is 5.97 Å². The molecule has 0 aliphatic heterocycles. The Labute approximate surface area is 205 Å². The summed E-state index contributed by atoms with van der Waals surface area (Å²) >= 11 is 0. The highest BCUT2D eigenvalue weighted by molar-refractivity contribution is 5.91. The number of hydrogen-bond acceptors (Lipinski definition) is 3. The van der Waals surface area contributed by atoms with Gasteiger partial charge in [-0.3, -0.25) is 0 Å². The van der Waals surface area contributed by atoms with Gasteiger partial charge in [0, 0.05) is 7.11 Å². The first-order valence-corrected chi connectivity index (χ1v) is 12.6. The smallest absolute Gasteiger partial charge is 0.343 e. The molecule has 0 saturated carbocycles. The second-order valence-corrected chi connectivity index (χ2v) is 8.98. The molecule has 0 bridgehead atoms. The van der Waals surface area contributed by atoms with Crippen LogP contribution in [0.3, 0.4) is 0 Å². The molecule has 0 aliphatic rings. The fourth-order valence-corrected chi connectivity index (χ4v) is 4.06. The molecule has 180 valence electrons. The minimum Gasteiger partial charge on any atom is -0.423 e. The molecule has 3 aromatic rings. The van der Waals surface area contributed by atoms with Crippen LogP contribution in [0.2, 0.25) is 0 Å². The van der Waals surface area contributed by atoms with Crippen molar-refractivity contribution in [3.05, 3.63) is 89.5 Å². The second-order valence-electron chi connectivity index (χ2n) is 8.98. The molecular weight excluding hydrogens is 420 g/mol. The van der Waals surface area contributed by atoms with Gasteiger partial charge in [-0.25, -0.2) is 4.79 Å². The first kappa shape index (κ1) is 25.7. The van der Waals surface area contributed by atoms with Crippen LogP contribution in [0, 0.1) is 0 Å². The van der Waals surface area contributed by atoms with E-state index in [4.69, 9.17) is 9.47 Å². The summed E-state index contributed by atoms with van der Waals surface area (Å²) in [6, 6.07) is 23.8. The molecule has 3 nitrogen and oxygen atoms in total. The Bertz CT molecular complexity index is 988. The van der Waals surface area contributed by atoms with Crippen LogP contribution in [0.5, 0.6) is 5.75 Å². The SMILES string of the molecule is CCCCCCCCCc1ccc(-c2ccc(OC(=O)c3ccc(C(C)OC)cc3)cc2)cc1. The van der Waals surface area contributed by atoms with E-state index in [0.717, 1.165) is 17.5 Å². The average molecular weight is 459 g/mol. The maximum Gasteiger partial charge on any atom is 0.343 e. The molecule has 34 heavy (non-hydrogen) atoms. The number of hydrogen-bond donors (Lipinski definition) is 0. The van der Waals surface area contributed by atoms with Gasteiger partial charge in [0.25, 0.3) is 0 Å². The van der Waals surface area contributed by atoms with E-state index in [0.29, 0.717) is 11.3 Å². The average Bonchev–Trinajstić information content (AvgIpc) is 2.88. The summed E-state index contributed by atoms with van der Waals surface area (Å²) in [5.41, 5.74) is 5.22. The number of carbonyl (C=O) groups excluding carboxylic acids is 1. The summed E-state index contributed by atoms with van der Waals surface area (Å²) in [5.74, 6) is 0.178. The lowest BCUT2D eigenvalue weighted by molar-refractivity contribution is 0.0734. The summed E-state index contributed by atoms with van der Waals surface area (Å²) in [4.78, 5) is 12.5. The maximum absolute atomic E-state index is 12.5. The van der Waals surface area contributed by atoms with Crippen LogP contribution in [0.25, 0.3) is 11.1 Å². The Balaban J connectivity index is 1.48. The van der Waals surface area contributed by atoms with Crippen molar-refractivity contribution in [2.24, 2.45) is 0 Å². The topological polar surface area (TPSA) is 35.5 Å². The van der Waals surface area contributed by atoms with Gasteiger partial charge in [0.15, 0.2) is 0 Å². The Morgan fingerprint density at radius 3 is 1.88 bits per heavy atom. The number of ether oxygens (including phenoxy) is 2. The molecule has 0 aliphatic carbocycles. The number of rotatable bonds is 13. The van der Waals surface area contributed by atoms with Gasteiger partial charge in [0.05, 0.1) is 11.7 Å². The highest BCUT2D eigenvalue weighted by atomic mass is 16.5. The molecule has 1 unspecified atom stereocenters. The fourth-order valence-electron chi connectivity index (χ4n) is 4.06. The summed E-state index contributed by atoms with van der Waals surface area (Å²) in [5, 5.41) is 0. The lowest BCUT2D eigenvalue weighted by atomic mass is 10.0. The number of carbonyl (C=O) groups is 1. The van der Waals surface area contributed by atoms with E-state index in [2.05, 4.69) is 31.2 Å². The monoisotopic (exact) mass is 458 g/mol. The molecule has 0 spiro atoms. The molecule has 0 heterocycles. The number of esters is 1. The predicted octanol–water partition coefficient (Wildman–Crippen LogP) is 8.57. The minimum atomic E-state index is -0.362. The molecule has 3 heteroatoms. The molecule has 3 rings (SSSR count). The van der Waals surface area contributed by atoms with Crippen LogP contribution in [0.4, 0.5) is 0 Å². The normalized spacial score (nSPS) is 11.9. The van der Waals surface area contributed by atoms with Crippen LogP contribution < -0.4 is 4.74 Å². The van der Waals surface area contributed by atoms with Crippen LogP contribution in [-0.2, 0) is 11.2 Å². The lowest BCUT2D eigenvalue weighted by Crippen LogP contribution is -2.08. The van der Waals surface area contributed by atoms with Gasteiger partial charge in [-0.15, -0.1) is 0 Å². The molecule has 0 amide bonds. The van der Waals surface area contributed by atoms with Crippen molar-refractivity contribution in [2.45, 2.75) is 71.3 Å². The largest absolute Gasteiger partial charge is 0.423 e. The van der Waals surface area contributed by atoms with Gasteiger partial charge < -0.3 is 9.47 Å². The van der Waals surface area contributed by atoms with E-state index in [1.54, 1.807) is 19.2 Å². The van der Waals surface area contributed by atoms with E-state index in [9.17, 15) is 4.79 Å². The summed E-state index contributed by atoms with van der Waals surface area (Å²) in [6.45, 7) is 4.23. The van der Waals surface area contributed by atoms with E-state index >= 15 is 0 Å². The number of methoxy groups -OCH3 is 1. The molecule has 0 aromatic heterocycles. The minimum absolute atomic E-state index is 0.00741. The van der Waals surface area contributed by atoms with Crippen molar-refractivity contribution in [2.75, 3.05) is 7.11 Å². The van der Waals surface area contributed by atoms with E-state index in [1.165, 1.54) is 56.1 Å². The highest BCUT2D eigenvalue weighted by Gasteiger charge is 2.11. The zero-order valence-electron chi connectivity index (χ0n) is 20.9. The Morgan fingerprint density at radius 1 is 0.735 bits per heavy atom. The molecule has 0 saturated heterocycles. The molecule has 0 radical (unpaired) electrons. The summed E-state index contributed by atoms with van der Waals surface area (Å²) in [7, 11) is 1.67. The van der Waals surface area contributed by atoms with Crippen molar-refractivity contribution in [1.29, 1.82) is 0 Å². The van der Waals surface area contributed by atoms with E-state index in [-0.39, 0.29) is 12.1 Å². The van der Waals surface area contributed by atoms with Crippen molar-refractivity contribution >= 4 is 5.97 Å². The van der Waals surface area contributed by atoms with Gasteiger partial charge in [-0.2, -0.15) is 0 Å². The van der Waals surface area contributed by atoms with Gasteiger partial charge in [-0.05, 0) is 66.3 Å². The highest BCUT2D eigenvalue weighted by Crippen LogP contribution is 2.24. The summed E-state index contributed by atoms with van der Waals surface area (Å²) in [6.07, 6.45) is 10.5. The first-order chi connectivity index (χ1) is 16.6. The third-order valence-corrected chi connectivity index (χ3v) is 6.39. The predicted molar refractivity (Wildman–Crippen MR) is 140 cm³/mol. The number of unbranched alkanes of at least 4 members (excludes halogenated alkanes) is 6. The van der Waals surface area contributed by atoms with Crippen LogP contribution in [0.1, 0.15) is 86.4 Å². The van der Waals surface area contributed by atoms with Crippen LogP contribution >= 0.6 is 0 Å². The molecule has 0 N–H and O–H groups in total. The zero-order chi connectivity index (χ0) is 24.2. The second kappa shape index (κ2) is 13.7. The maximum atomic E-state index is 12.5. The molecular formula is C31H38O3. The van der Waals surface area contributed by atoms with Gasteiger partial charge in [0.2, 0.25) is 0 Å². The standard InChI is InChI=1S/C31H38O3/c1-4-5-6-7-8-9-10-11-25-12-14-27(15-13-25)28-20-22-30(23-21-28)34-31(32)29-18-16-26(17-19-29)24(2)33-3/h12-24H,4-11H2,1-3H3. The van der Waals surface area contributed by atoms with Crippen LogP contribution in [-0.4, -0.2) is 13.1 Å². The van der Waals surface area contributed by atoms with Crippen molar-refractivity contribution in [3.8, 4) is 16.9 Å². The number of aryl methyl sites for hydroxylation is 1. The lowest BCUT2D eigenvalue weighted by Gasteiger charge is -2.10.